The maximum Gasteiger partial charge on any atom is 0.317 e. The van der Waals surface area contributed by atoms with Gasteiger partial charge in [-0.2, -0.15) is 5.10 Å². The van der Waals surface area contributed by atoms with Gasteiger partial charge in [-0.05, 0) is 60.7 Å². The second kappa shape index (κ2) is 11.7. The number of amides is 3. The van der Waals surface area contributed by atoms with E-state index in [1.54, 1.807) is 27.9 Å². The largest absolute Gasteiger partial charge is 0.338 e. The zero-order valence-electron chi connectivity index (χ0n) is 24.6. The Morgan fingerprint density at radius 3 is 2.54 bits per heavy atom. The van der Waals surface area contributed by atoms with E-state index in [0.717, 1.165) is 59.9 Å². The monoisotopic (exact) mass is 577 g/mol. The number of fused-ring (bicyclic) bond motifs is 2. The smallest absolute Gasteiger partial charge is 0.317 e. The van der Waals surface area contributed by atoms with Crippen LogP contribution in [0.1, 0.15) is 54.2 Å². The highest BCUT2D eigenvalue weighted by Crippen LogP contribution is 2.37. The standard InChI is InChI=1S/C31H40ClN7O2/c1-21-6-9-27-26(16-21)35-28-23(19-34-36(28)5)20-39(27)29(40)24-8-7-22(17-25(24)32)18-33-30(41)38-14-12-37(13-15-38)11-10-31(2,3)4/h6-9,16-17,19,35H,10-15,18,20H2,1-5H3,(H,33,41). The van der Waals surface area contributed by atoms with Gasteiger partial charge in [-0.1, -0.05) is 44.5 Å². The van der Waals surface area contributed by atoms with Crippen LogP contribution in [0.25, 0.3) is 0 Å². The molecule has 0 radical (unpaired) electrons. The first-order chi connectivity index (χ1) is 19.5. The lowest BCUT2D eigenvalue weighted by molar-refractivity contribution is 0.0985. The number of halogens is 1. The number of hydrogen-bond acceptors (Lipinski definition) is 5. The molecule has 2 aromatic carbocycles. The van der Waals surface area contributed by atoms with E-state index in [0.29, 0.717) is 42.2 Å². The quantitative estimate of drug-likeness (QED) is 0.415. The SMILES string of the molecule is Cc1ccc2c(c1)Nc1c(cnn1C)CN2C(=O)c1ccc(CNC(=O)N2CCN(CCC(C)(C)C)CC2)cc1Cl. The number of benzene rings is 2. The molecule has 0 bridgehead atoms. The molecule has 2 N–H and O–H groups in total. The van der Waals surface area contributed by atoms with Crippen LogP contribution in [0.2, 0.25) is 5.02 Å². The summed E-state index contributed by atoms with van der Waals surface area (Å²) in [7, 11) is 1.88. The molecule has 0 unspecified atom stereocenters. The predicted octanol–water partition coefficient (Wildman–Crippen LogP) is 5.55. The summed E-state index contributed by atoms with van der Waals surface area (Å²) in [6.07, 6.45) is 2.92. The van der Waals surface area contributed by atoms with Gasteiger partial charge in [-0.15, -0.1) is 0 Å². The maximum atomic E-state index is 13.9. The Morgan fingerprint density at radius 2 is 1.83 bits per heavy atom. The van der Waals surface area contributed by atoms with Gasteiger partial charge in [0.25, 0.3) is 5.91 Å². The number of piperazine rings is 1. The summed E-state index contributed by atoms with van der Waals surface area (Å²) >= 11 is 6.67. The molecule has 0 aliphatic carbocycles. The third-order valence-corrected chi connectivity index (χ3v) is 8.14. The van der Waals surface area contributed by atoms with Crippen LogP contribution < -0.4 is 15.5 Å². The van der Waals surface area contributed by atoms with Crippen molar-refractivity contribution >= 4 is 40.7 Å². The van der Waals surface area contributed by atoms with E-state index in [1.165, 1.54) is 0 Å². The van der Waals surface area contributed by atoms with Gasteiger partial charge in [0.2, 0.25) is 0 Å². The minimum atomic E-state index is -0.196. The predicted molar refractivity (Wildman–Crippen MR) is 164 cm³/mol. The van der Waals surface area contributed by atoms with Crippen molar-refractivity contribution in [2.75, 3.05) is 42.9 Å². The van der Waals surface area contributed by atoms with Gasteiger partial charge in [0.1, 0.15) is 5.82 Å². The van der Waals surface area contributed by atoms with Gasteiger partial charge in [-0.3, -0.25) is 14.4 Å². The lowest BCUT2D eigenvalue weighted by Crippen LogP contribution is -2.51. The van der Waals surface area contributed by atoms with Gasteiger partial charge in [0.15, 0.2) is 0 Å². The van der Waals surface area contributed by atoms with Crippen molar-refractivity contribution < 1.29 is 9.59 Å². The Balaban J connectivity index is 1.23. The third-order valence-electron chi connectivity index (χ3n) is 7.83. The minimum Gasteiger partial charge on any atom is -0.338 e. The molecule has 1 aromatic heterocycles. The number of carbonyl (C=O) groups is 2. The molecular weight excluding hydrogens is 538 g/mol. The molecule has 3 heterocycles. The average molecular weight is 578 g/mol. The molecule has 0 spiro atoms. The van der Waals surface area contributed by atoms with Gasteiger partial charge < -0.3 is 20.4 Å². The highest BCUT2D eigenvalue weighted by atomic mass is 35.5. The fraction of sp³-hybridized carbons (Fsp3) is 0.452. The Kier molecular flexibility index (Phi) is 8.29. The van der Waals surface area contributed by atoms with E-state index in [9.17, 15) is 9.59 Å². The van der Waals surface area contributed by atoms with Crippen molar-refractivity contribution in [1.29, 1.82) is 0 Å². The summed E-state index contributed by atoms with van der Waals surface area (Å²) in [6.45, 7) is 13.8. The van der Waals surface area contributed by atoms with Crippen LogP contribution in [0.15, 0.2) is 42.6 Å². The number of nitrogens with one attached hydrogen (secondary N) is 2. The van der Waals surface area contributed by atoms with Gasteiger partial charge >= 0.3 is 6.03 Å². The third kappa shape index (κ3) is 6.68. The van der Waals surface area contributed by atoms with Crippen molar-refractivity contribution in [2.45, 2.75) is 47.2 Å². The topological polar surface area (TPSA) is 85.7 Å². The number of hydrogen-bond donors (Lipinski definition) is 2. The Hall–Kier alpha value is -3.56. The molecule has 3 aromatic rings. The zero-order valence-corrected chi connectivity index (χ0v) is 25.4. The first-order valence-corrected chi connectivity index (χ1v) is 14.6. The highest BCUT2D eigenvalue weighted by Gasteiger charge is 2.28. The summed E-state index contributed by atoms with van der Waals surface area (Å²) in [5, 5.41) is 11.2. The van der Waals surface area contributed by atoms with Crippen LogP contribution in [0.4, 0.5) is 22.0 Å². The fourth-order valence-electron chi connectivity index (χ4n) is 5.25. The Labute approximate surface area is 247 Å². The molecule has 2 aliphatic heterocycles. The molecule has 0 atom stereocenters. The first-order valence-electron chi connectivity index (χ1n) is 14.2. The lowest BCUT2D eigenvalue weighted by atomic mass is 9.92. The first kappa shape index (κ1) is 29.0. The zero-order chi connectivity index (χ0) is 29.3. The number of aromatic nitrogens is 2. The van der Waals surface area contributed by atoms with Crippen molar-refractivity contribution in [3.63, 3.8) is 0 Å². The van der Waals surface area contributed by atoms with Crippen LogP contribution in [-0.2, 0) is 20.1 Å². The molecule has 10 heteroatoms. The highest BCUT2D eigenvalue weighted by molar-refractivity contribution is 6.34. The molecule has 9 nitrogen and oxygen atoms in total. The number of urea groups is 1. The summed E-state index contributed by atoms with van der Waals surface area (Å²) < 4.78 is 1.78. The van der Waals surface area contributed by atoms with E-state index in [-0.39, 0.29) is 11.9 Å². The average Bonchev–Trinajstić information content (AvgIpc) is 3.18. The van der Waals surface area contributed by atoms with Crippen LogP contribution in [0.5, 0.6) is 0 Å². The summed E-state index contributed by atoms with van der Waals surface area (Å²) in [4.78, 5) is 32.7. The van der Waals surface area contributed by atoms with Crippen molar-refractivity contribution in [3.8, 4) is 0 Å². The summed E-state index contributed by atoms with van der Waals surface area (Å²) in [6, 6.07) is 11.3. The van der Waals surface area contributed by atoms with Gasteiger partial charge in [-0.25, -0.2) is 4.79 Å². The molecule has 3 amide bonds. The second-order valence-electron chi connectivity index (χ2n) is 12.3. The molecule has 41 heavy (non-hydrogen) atoms. The second-order valence-corrected chi connectivity index (χ2v) is 12.7. The number of anilines is 3. The van der Waals surface area contributed by atoms with Crippen LogP contribution in [0, 0.1) is 12.3 Å². The summed E-state index contributed by atoms with van der Waals surface area (Å²) in [5.41, 5.74) is 5.18. The van der Waals surface area contributed by atoms with Crippen LogP contribution in [0.3, 0.4) is 0 Å². The normalized spacial score (nSPS) is 15.6. The molecular formula is C31H40ClN7O2. The van der Waals surface area contributed by atoms with E-state index < -0.39 is 0 Å². The number of nitrogens with zero attached hydrogens (tertiary/aromatic N) is 5. The van der Waals surface area contributed by atoms with Crippen molar-refractivity contribution in [3.05, 3.63) is 69.9 Å². The summed E-state index contributed by atoms with van der Waals surface area (Å²) in [5.74, 6) is 0.661. The van der Waals surface area contributed by atoms with E-state index >= 15 is 0 Å². The maximum absolute atomic E-state index is 13.9. The van der Waals surface area contributed by atoms with Crippen LogP contribution >= 0.6 is 11.6 Å². The Bertz CT molecular complexity index is 1440. The number of carbonyl (C=O) groups excluding carboxylic acids is 2. The van der Waals surface area contributed by atoms with Crippen molar-refractivity contribution in [2.24, 2.45) is 12.5 Å². The molecule has 5 rings (SSSR count). The Morgan fingerprint density at radius 1 is 1.07 bits per heavy atom. The molecule has 0 saturated carbocycles. The van der Waals surface area contributed by atoms with Crippen molar-refractivity contribution in [1.82, 2.24) is 24.9 Å². The van der Waals surface area contributed by atoms with Crippen LogP contribution in [-0.4, -0.2) is 64.2 Å². The lowest BCUT2D eigenvalue weighted by Gasteiger charge is -2.35. The van der Waals surface area contributed by atoms with E-state index in [2.05, 4.69) is 41.4 Å². The van der Waals surface area contributed by atoms with E-state index in [1.807, 2.05) is 43.1 Å². The minimum absolute atomic E-state index is 0.0759. The molecule has 1 fully saturated rings. The van der Waals surface area contributed by atoms with Gasteiger partial charge in [0, 0.05) is 45.3 Å². The molecule has 218 valence electrons. The van der Waals surface area contributed by atoms with Gasteiger partial charge in [0.05, 0.1) is 34.7 Å². The fourth-order valence-corrected chi connectivity index (χ4v) is 5.54. The molecule has 1 saturated heterocycles. The molecule has 2 aliphatic rings. The van der Waals surface area contributed by atoms with E-state index in [4.69, 9.17) is 11.6 Å². The number of rotatable bonds is 5. The number of aryl methyl sites for hydroxylation is 2.